The van der Waals surface area contributed by atoms with Gasteiger partial charge in [0, 0.05) is 24.8 Å². The van der Waals surface area contributed by atoms with E-state index >= 15 is 0 Å². The minimum atomic E-state index is 0.222. The first-order chi connectivity index (χ1) is 9.76. The molecule has 0 aromatic carbocycles. The number of aromatic nitrogens is 4. The summed E-state index contributed by atoms with van der Waals surface area (Å²) in [6.07, 6.45) is 5.63. The molecule has 2 N–H and O–H groups in total. The Labute approximate surface area is 116 Å². The third-order valence-electron chi connectivity index (χ3n) is 3.24. The second kappa shape index (κ2) is 5.28. The summed E-state index contributed by atoms with van der Waals surface area (Å²) in [5.41, 5.74) is 6.56. The van der Waals surface area contributed by atoms with Gasteiger partial charge in [-0.25, -0.2) is 0 Å². The second-order valence-electron chi connectivity index (χ2n) is 4.62. The van der Waals surface area contributed by atoms with Crippen molar-refractivity contribution in [3.63, 3.8) is 0 Å². The first kappa shape index (κ1) is 12.6. The zero-order valence-corrected chi connectivity index (χ0v) is 11.3. The molecule has 7 nitrogen and oxygen atoms in total. The summed E-state index contributed by atoms with van der Waals surface area (Å²) in [5, 5.41) is 0. The number of pyridine rings is 1. The largest absolute Gasteiger partial charge is 0.495 e. The zero-order chi connectivity index (χ0) is 13.9. The minimum absolute atomic E-state index is 0.222. The average molecular weight is 272 g/mol. The van der Waals surface area contributed by atoms with Gasteiger partial charge in [-0.1, -0.05) is 0 Å². The summed E-state index contributed by atoms with van der Waals surface area (Å²) >= 11 is 0. The van der Waals surface area contributed by atoms with Gasteiger partial charge < -0.3 is 15.4 Å². The first-order valence-corrected chi connectivity index (χ1v) is 6.52. The van der Waals surface area contributed by atoms with Crippen LogP contribution in [0.2, 0.25) is 0 Å². The Morgan fingerprint density at radius 2 is 1.95 bits per heavy atom. The molecule has 1 aliphatic heterocycles. The molecule has 0 atom stereocenters. The number of anilines is 2. The topological polar surface area (TPSA) is 90.0 Å². The summed E-state index contributed by atoms with van der Waals surface area (Å²) in [4.78, 5) is 19.1. The van der Waals surface area contributed by atoms with Crippen LogP contribution in [0.15, 0.2) is 18.5 Å². The molecule has 0 aliphatic carbocycles. The molecular formula is C13H16N6O. The van der Waals surface area contributed by atoms with Crippen LogP contribution in [0.4, 0.5) is 11.9 Å². The van der Waals surface area contributed by atoms with Crippen LogP contribution in [-0.2, 0) is 0 Å². The van der Waals surface area contributed by atoms with Crippen molar-refractivity contribution >= 4 is 11.9 Å². The van der Waals surface area contributed by atoms with Gasteiger partial charge >= 0.3 is 0 Å². The minimum Gasteiger partial charge on any atom is -0.495 e. The Hall–Kier alpha value is -2.44. The monoisotopic (exact) mass is 272 g/mol. The van der Waals surface area contributed by atoms with E-state index in [4.69, 9.17) is 10.5 Å². The lowest BCUT2D eigenvalue weighted by Gasteiger charge is -2.15. The maximum Gasteiger partial charge on any atom is 0.230 e. The highest BCUT2D eigenvalue weighted by Gasteiger charge is 2.17. The molecule has 0 saturated carbocycles. The molecule has 1 fully saturated rings. The van der Waals surface area contributed by atoms with E-state index in [0.29, 0.717) is 17.5 Å². The van der Waals surface area contributed by atoms with Crippen molar-refractivity contribution in [2.24, 2.45) is 0 Å². The van der Waals surface area contributed by atoms with Crippen LogP contribution in [-0.4, -0.2) is 40.1 Å². The molecule has 1 aliphatic rings. The molecule has 3 rings (SSSR count). The summed E-state index contributed by atoms with van der Waals surface area (Å²) in [7, 11) is 1.60. The van der Waals surface area contributed by atoms with Crippen molar-refractivity contribution in [2.75, 3.05) is 30.8 Å². The van der Waals surface area contributed by atoms with Crippen molar-refractivity contribution < 1.29 is 4.74 Å². The molecule has 0 amide bonds. The van der Waals surface area contributed by atoms with E-state index in [9.17, 15) is 0 Å². The lowest BCUT2D eigenvalue weighted by molar-refractivity contribution is 0.413. The number of nitrogens with two attached hydrogens (primary N) is 1. The van der Waals surface area contributed by atoms with Crippen LogP contribution < -0.4 is 15.4 Å². The molecule has 7 heteroatoms. The van der Waals surface area contributed by atoms with Crippen molar-refractivity contribution in [3.8, 4) is 17.1 Å². The summed E-state index contributed by atoms with van der Waals surface area (Å²) in [6.45, 7) is 1.92. The molecule has 0 unspecified atom stereocenters. The van der Waals surface area contributed by atoms with Crippen LogP contribution in [0, 0.1) is 0 Å². The van der Waals surface area contributed by atoms with E-state index in [1.54, 1.807) is 19.5 Å². The molecule has 104 valence electrons. The smallest absolute Gasteiger partial charge is 0.230 e. The number of hydrogen-bond donors (Lipinski definition) is 1. The van der Waals surface area contributed by atoms with Crippen LogP contribution >= 0.6 is 0 Å². The van der Waals surface area contributed by atoms with Crippen LogP contribution in [0.5, 0.6) is 5.75 Å². The van der Waals surface area contributed by atoms with Crippen molar-refractivity contribution in [3.05, 3.63) is 18.5 Å². The van der Waals surface area contributed by atoms with Gasteiger partial charge in [0.05, 0.1) is 13.3 Å². The van der Waals surface area contributed by atoms with Gasteiger partial charge in [-0.15, -0.1) is 0 Å². The highest BCUT2D eigenvalue weighted by molar-refractivity contribution is 5.58. The summed E-state index contributed by atoms with van der Waals surface area (Å²) in [6, 6.07) is 1.83. The fourth-order valence-corrected chi connectivity index (χ4v) is 2.22. The summed E-state index contributed by atoms with van der Waals surface area (Å²) < 4.78 is 5.16. The average Bonchev–Trinajstić information content (AvgIpc) is 3.01. The number of nitrogen functional groups attached to an aromatic ring is 1. The van der Waals surface area contributed by atoms with E-state index < -0.39 is 0 Å². The molecular weight excluding hydrogens is 256 g/mol. The maximum absolute atomic E-state index is 5.79. The first-order valence-electron chi connectivity index (χ1n) is 6.52. The molecule has 0 spiro atoms. The molecule has 1 saturated heterocycles. The predicted octanol–water partition coefficient (Wildman–Crippen LogP) is 1.12. The van der Waals surface area contributed by atoms with Crippen molar-refractivity contribution in [2.45, 2.75) is 12.8 Å². The number of hydrogen-bond acceptors (Lipinski definition) is 7. The van der Waals surface area contributed by atoms with Gasteiger partial charge in [-0.05, 0) is 18.9 Å². The SMILES string of the molecule is COc1cncc(-c2nc(N)nc(N3CCCC3)n2)c1. The number of rotatable bonds is 3. The van der Waals surface area contributed by atoms with E-state index in [1.165, 1.54) is 0 Å². The zero-order valence-electron chi connectivity index (χ0n) is 11.3. The molecule has 0 bridgehead atoms. The Morgan fingerprint density at radius 1 is 1.15 bits per heavy atom. The Balaban J connectivity index is 1.99. The van der Waals surface area contributed by atoms with Gasteiger partial charge in [-0.2, -0.15) is 15.0 Å². The highest BCUT2D eigenvalue weighted by Crippen LogP contribution is 2.23. The quantitative estimate of drug-likeness (QED) is 0.895. The normalized spacial score (nSPS) is 14.6. The van der Waals surface area contributed by atoms with Gasteiger partial charge in [0.1, 0.15) is 5.75 Å². The van der Waals surface area contributed by atoms with Gasteiger partial charge in [0.15, 0.2) is 5.82 Å². The van der Waals surface area contributed by atoms with Crippen LogP contribution in [0.1, 0.15) is 12.8 Å². The van der Waals surface area contributed by atoms with E-state index in [1.807, 2.05) is 6.07 Å². The second-order valence-corrected chi connectivity index (χ2v) is 4.62. The molecule has 2 aromatic heterocycles. The Bertz CT molecular complexity index is 612. The van der Waals surface area contributed by atoms with Gasteiger partial charge in [0.2, 0.25) is 11.9 Å². The Morgan fingerprint density at radius 3 is 2.70 bits per heavy atom. The van der Waals surface area contributed by atoms with E-state index in [2.05, 4.69) is 24.8 Å². The highest BCUT2D eigenvalue weighted by atomic mass is 16.5. The van der Waals surface area contributed by atoms with E-state index in [-0.39, 0.29) is 5.95 Å². The van der Waals surface area contributed by atoms with Crippen molar-refractivity contribution in [1.82, 2.24) is 19.9 Å². The third-order valence-corrected chi connectivity index (χ3v) is 3.24. The molecule has 2 aromatic rings. The predicted molar refractivity (Wildman–Crippen MR) is 75.5 cm³/mol. The van der Waals surface area contributed by atoms with Crippen molar-refractivity contribution in [1.29, 1.82) is 0 Å². The van der Waals surface area contributed by atoms with Crippen LogP contribution in [0.3, 0.4) is 0 Å². The van der Waals surface area contributed by atoms with E-state index in [0.717, 1.165) is 31.5 Å². The number of nitrogens with zero attached hydrogens (tertiary/aromatic N) is 5. The van der Waals surface area contributed by atoms with Crippen LogP contribution in [0.25, 0.3) is 11.4 Å². The lowest BCUT2D eigenvalue weighted by Crippen LogP contribution is -2.21. The fraction of sp³-hybridized carbons (Fsp3) is 0.385. The fourth-order valence-electron chi connectivity index (χ4n) is 2.22. The number of ether oxygens (including phenoxy) is 1. The number of methoxy groups -OCH3 is 1. The van der Waals surface area contributed by atoms with Gasteiger partial charge in [-0.3, -0.25) is 4.98 Å². The standard InChI is InChI=1S/C13H16N6O/c1-20-10-6-9(7-15-8-10)11-16-12(14)18-13(17-11)19-4-2-3-5-19/h6-8H,2-5H2,1H3,(H2,14,16,17,18). The molecule has 0 radical (unpaired) electrons. The summed E-state index contributed by atoms with van der Waals surface area (Å²) in [5.74, 6) is 2.03. The molecule has 20 heavy (non-hydrogen) atoms. The van der Waals surface area contributed by atoms with Gasteiger partial charge in [0.25, 0.3) is 0 Å². The maximum atomic E-state index is 5.79. The third kappa shape index (κ3) is 2.47. The molecule has 3 heterocycles. The lowest BCUT2D eigenvalue weighted by atomic mass is 10.2. The Kier molecular flexibility index (Phi) is 3.32.